The van der Waals surface area contributed by atoms with Crippen LogP contribution in [0.1, 0.15) is 50.3 Å². The van der Waals surface area contributed by atoms with Gasteiger partial charge in [0, 0.05) is 38.3 Å². The highest BCUT2D eigenvalue weighted by Gasteiger charge is 2.49. The first-order valence-corrected chi connectivity index (χ1v) is 18.2. The van der Waals surface area contributed by atoms with Crippen molar-refractivity contribution in [3.05, 3.63) is 72.4 Å². The van der Waals surface area contributed by atoms with E-state index in [9.17, 15) is 14.4 Å². The van der Waals surface area contributed by atoms with Crippen LogP contribution in [0, 0.1) is 5.92 Å². The number of rotatable bonds is 12. The third-order valence-electron chi connectivity index (χ3n) is 10.3. The summed E-state index contributed by atoms with van der Waals surface area (Å²) in [6.45, 7) is 3.27. The number of amides is 3. The number of likely N-dealkylation sites (N-methyl/N-ethyl adjacent to an activating group) is 1. The van der Waals surface area contributed by atoms with Crippen LogP contribution >= 0.6 is 11.3 Å². The Kier molecular flexibility index (Phi) is 8.57. The van der Waals surface area contributed by atoms with E-state index in [4.69, 9.17) is 4.98 Å². The fraction of sp³-hybridized carbons (Fsp3) is 0.342. The molecule has 0 unspecified atom stereocenters. The number of imidazole rings is 2. The molecule has 1 saturated heterocycles. The summed E-state index contributed by atoms with van der Waals surface area (Å²) in [4.78, 5) is 56.6. The van der Waals surface area contributed by atoms with Gasteiger partial charge in [-0.15, -0.1) is 11.3 Å². The van der Waals surface area contributed by atoms with Crippen molar-refractivity contribution < 1.29 is 14.4 Å². The van der Waals surface area contributed by atoms with Crippen molar-refractivity contribution in [3.8, 4) is 22.4 Å². The molecule has 0 spiro atoms. The normalized spacial score (nSPS) is 18.4. The van der Waals surface area contributed by atoms with Crippen LogP contribution in [0.15, 0.2) is 60.8 Å². The van der Waals surface area contributed by atoms with Gasteiger partial charge < -0.3 is 30.4 Å². The van der Waals surface area contributed by atoms with Crippen molar-refractivity contribution in [2.75, 3.05) is 26.7 Å². The van der Waals surface area contributed by atoms with Gasteiger partial charge in [-0.1, -0.05) is 37.3 Å². The third-order valence-corrected chi connectivity index (χ3v) is 11.4. The Balaban J connectivity index is 1.04. The number of aromatic nitrogens is 4. The summed E-state index contributed by atoms with van der Waals surface area (Å²) in [6, 6.07) is 19.8. The second kappa shape index (κ2) is 13.3. The number of hydrogen-bond donors (Lipinski definition) is 4. The van der Waals surface area contributed by atoms with E-state index >= 15 is 0 Å². The molecular formula is C38H40N8O3S. The molecule has 1 saturated carbocycles. The first kappa shape index (κ1) is 32.2. The van der Waals surface area contributed by atoms with E-state index in [1.807, 2.05) is 20.2 Å². The molecule has 256 valence electrons. The second-order valence-corrected chi connectivity index (χ2v) is 14.5. The van der Waals surface area contributed by atoms with Gasteiger partial charge in [-0.05, 0) is 74.0 Å². The number of fused-ring (bicyclic) bond motifs is 6. The number of nitrogens with zero attached hydrogens (tertiary/aromatic N) is 4. The molecule has 6 aromatic rings. The van der Waals surface area contributed by atoms with Crippen LogP contribution in [0.25, 0.3) is 53.6 Å². The predicted octanol–water partition coefficient (Wildman–Crippen LogP) is 5.74. The van der Waals surface area contributed by atoms with Crippen LogP contribution in [0.2, 0.25) is 0 Å². The number of H-pyrrole nitrogens is 2. The van der Waals surface area contributed by atoms with E-state index in [0.29, 0.717) is 43.8 Å². The van der Waals surface area contributed by atoms with E-state index in [1.54, 1.807) is 16.2 Å². The van der Waals surface area contributed by atoms with Crippen LogP contribution in [0.4, 0.5) is 0 Å². The molecule has 4 heterocycles. The highest BCUT2D eigenvalue weighted by molar-refractivity contribution is 7.25. The first-order chi connectivity index (χ1) is 24.4. The van der Waals surface area contributed by atoms with E-state index < -0.39 is 0 Å². The minimum atomic E-state index is -0.141. The first-order valence-electron chi connectivity index (χ1n) is 17.3. The fourth-order valence-corrected chi connectivity index (χ4v) is 9.17. The second-order valence-electron chi connectivity index (χ2n) is 13.4. The molecule has 8 rings (SSSR count). The molecular weight excluding hydrogens is 649 g/mol. The monoisotopic (exact) mass is 688 g/mol. The number of benzene rings is 3. The number of carbonyl (C=O) groups excluding carboxylic acids is 3. The van der Waals surface area contributed by atoms with Gasteiger partial charge in [-0.25, -0.2) is 9.97 Å². The minimum absolute atomic E-state index is 0.00955. The number of hydrogen-bond acceptors (Lipinski definition) is 7. The Labute approximate surface area is 293 Å². The minimum Gasteiger partial charge on any atom is -0.350 e. The molecule has 4 N–H and O–H groups in total. The molecule has 50 heavy (non-hydrogen) atoms. The lowest BCUT2D eigenvalue weighted by Crippen LogP contribution is -2.44. The molecule has 0 radical (unpaired) electrons. The highest BCUT2D eigenvalue weighted by Crippen LogP contribution is 2.50. The van der Waals surface area contributed by atoms with Crippen molar-refractivity contribution in [1.82, 2.24) is 40.4 Å². The number of nitrogens with one attached hydrogen (secondary N) is 4. The Hall–Kier alpha value is -5.07. The molecule has 3 aromatic carbocycles. The summed E-state index contributed by atoms with van der Waals surface area (Å²) in [5.41, 5.74) is 6.08. The molecule has 2 fully saturated rings. The van der Waals surface area contributed by atoms with E-state index in [-0.39, 0.29) is 24.4 Å². The largest absolute Gasteiger partial charge is 0.350 e. The van der Waals surface area contributed by atoms with Crippen molar-refractivity contribution in [2.45, 2.75) is 51.2 Å². The summed E-state index contributed by atoms with van der Waals surface area (Å²) >= 11 is 1.77. The zero-order chi connectivity index (χ0) is 34.4. The number of aromatic amines is 2. The SMILES string of the molecule is CCCN(Cc1ncc(-c2ccc3c(c2)sc2cc(-c4ccc5nc([C@@H]6[C@H]7CC[C@H](C7)N6C(=O)CNC)[nH]c5c4)ccc23)[nH]1)C(=O)CNC=O. The van der Waals surface area contributed by atoms with Crippen molar-refractivity contribution in [2.24, 2.45) is 5.92 Å². The quantitative estimate of drug-likeness (QED) is 0.121. The lowest BCUT2D eigenvalue weighted by Gasteiger charge is -2.34. The van der Waals surface area contributed by atoms with Crippen LogP contribution in [-0.4, -0.2) is 80.7 Å². The lowest BCUT2D eigenvalue weighted by molar-refractivity contribution is -0.135. The predicted molar refractivity (Wildman–Crippen MR) is 196 cm³/mol. The summed E-state index contributed by atoms with van der Waals surface area (Å²) < 4.78 is 2.40. The number of thiophene rings is 1. The van der Waals surface area contributed by atoms with Gasteiger partial charge in [0.2, 0.25) is 18.2 Å². The topological polar surface area (TPSA) is 139 Å². The van der Waals surface area contributed by atoms with E-state index in [0.717, 1.165) is 64.9 Å². The highest BCUT2D eigenvalue weighted by atomic mass is 32.1. The van der Waals surface area contributed by atoms with Crippen LogP contribution < -0.4 is 10.6 Å². The molecule has 2 bridgehead atoms. The summed E-state index contributed by atoms with van der Waals surface area (Å²) in [7, 11) is 1.82. The molecule has 3 aromatic heterocycles. The average Bonchev–Trinajstić information content (AvgIpc) is 3.97. The lowest BCUT2D eigenvalue weighted by atomic mass is 9.98. The van der Waals surface area contributed by atoms with Gasteiger partial charge in [-0.3, -0.25) is 14.4 Å². The molecule has 1 aliphatic carbocycles. The molecule has 3 atom stereocenters. The molecule has 11 nitrogen and oxygen atoms in total. The van der Waals surface area contributed by atoms with Crippen molar-refractivity contribution in [3.63, 3.8) is 0 Å². The van der Waals surface area contributed by atoms with Gasteiger partial charge in [0.1, 0.15) is 11.6 Å². The fourth-order valence-electron chi connectivity index (χ4n) is 7.99. The number of piperidine rings is 1. The van der Waals surface area contributed by atoms with Crippen molar-refractivity contribution in [1.29, 1.82) is 0 Å². The Morgan fingerprint density at radius 3 is 2.54 bits per heavy atom. The molecule has 12 heteroatoms. The summed E-state index contributed by atoms with van der Waals surface area (Å²) in [6.07, 6.45) is 6.44. The number of likely N-dealkylation sites (tertiary alicyclic amines) is 1. The zero-order valence-corrected chi connectivity index (χ0v) is 29.0. The maximum atomic E-state index is 13.0. The van der Waals surface area contributed by atoms with E-state index in [2.05, 4.69) is 85.1 Å². The Bertz CT molecular complexity index is 2240. The van der Waals surface area contributed by atoms with Crippen LogP contribution in [0.3, 0.4) is 0 Å². The summed E-state index contributed by atoms with van der Waals surface area (Å²) in [5.74, 6) is 2.06. The van der Waals surface area contributed by atoms with Gasteiger partial charge in [0.25, 0.3) is 0 Å². The Morgan fingerprint density at radius 1 is 1.00 bits per heavy atom. The maximum absolute atomic E-state index is 13.0. The standard InChI is InChI=1S/C38H40N8O3S/c1-3-12-45(35(48)19-40-21-47)20-34-41-17-31(42-34)24-6-10-28-27-9-5-23(15-32(27)50-33(28)16-24)22-7-11-29-30(14-22)44-38(43-29)37-25-4-8-26(13-25)46(37)36(49)18-39-2/h5-7,9-11,14-17,21,25-26,37,39H,3-4,8,12-13,18-20H2,1-2H3,(H,40,47)(H,41,42)(H,43,44)/t25-,26+,37-/m0/s1. The zero-order valence-electron chi connectivity index (χ0n) is 28.2. The molecule has 1 aliphatic heterocycles. The van der Waals surface area contributed by atoms with Gasteiger partial charge >= 0.3 is 0 Å². The smallest absolute Gasteiger partial charge is 0.242 e. The van der Waals surface area contributed by atoms with Crippen LogP contribution in [0.5, 0.6) is 0 Å². The van der Waals surface area contributed by atoms with Gasteiger partial charge in [-0.2, -0.15) is 0 Å². The third kappa shape index (κ3) is 5.81. The van der Waals surface area contributed by atoms with Crippen molar-refractivity contribution >= 4 is 60.8 Å². The number of carbonyl (C=O) groups is 3. The van der Waals surface area contributed by atoms with Crippen LogP contribution in [-0.2, 0) is 20.9 Å². The van der Waals surface area contributed by atoms with Gasteiger partial charge in [0.05, 0.1) is 48.6 Å². The van der Waals surface area contributed by atoms with Gasteiger partial charge in [0.15, 0.2) is 0 Å². The average molecular weight is 689 g/mol. The molecule has 2 aliphatic rings. The Morgan fingerprint density at radius 2 is 1.76 bits per heavy atom. The summed E-state index contributed by atoms with van der Waals surface area (Å²) in [5, 5.41) is 7.91. The van der Waals surface area contributed by atoms with E-state index in [1.165, 1.54) is 20.2 Å². The molecule has 3 amide bonds. The maximum Gasteiger partial charge on any atom is 0.242 e.